The minimum Gasteiger partial charge on any atom is -0.207 e. The molecule has 0 bridgehead atoms. The lowest BCUT2D eigenvalue weighted by atomic mass is 10.0. The van der Waals surface area contributed by atoms with E-state index in [1.807, 2.05) is 6.07 Å². The average Bonchev–Trinajstić information content (AvgIpc) is 2.30. The van der Waals surface area contributed by atoms with Gasteiger partial charge in [0, 0.05) is 10.6 Å². The van der Waals surface area contributed by atoms with Crippen LogP contribution in [0.3, 0.4) is 0 Å². The van der Waals surface area contributed by atoms with E-state index in [1.165, 1.54) is 12.1 Å². The molecule has 2 aromatic carbocycles. The summed E-state index contributed by atoms with van der Waals surface area (Å²) in [5.74, 6) is -0.312. The maximum absolute atomic E-state index is 13.1. The summed E-state index contributed by atoms with van der Waals surface area (Å²) < 4.78 is 13.1. The second-order valence-electron chi connectivity index (χ2n) is 3.22. The fraction of sp³-hybridized carbons (Fsp3) is 0. The van der Waals surface area contributed by atoms with Crippen LogP contribution < -0.4 is 0 Å². The highest BCUT2D eigenvalue weighted by atomic mass is 19.1. The standard InChI is InChI=1S/C12H8FN3/c13-10-5-3-4-9(8-10)11-6-1-2-7-12(11)15-16-14/h1-8H. The van der Waals surface area contributed by atoms with Gasteiger partial charge in [-0.15, -0.1) is 0 Å². The molecule has 0 amide bonds. The topological polar surface area (TPSA) is 48.8 Å². The van der Waals surface area contributed by atoms with Gasteiger partial charge in [-0.05, 0) is 28.8 Å². The molecule has 0 N–H and O–H groups in total. The number of hydrogen-bond acceptors (Lipinski definition) is 1. The molecule has 0 heterocycles. The van der Waals surface area contributed by atoms with Gasteiger partial charge < -0.3 is 0 Å². The summed E-state index contributed by atoms with van der Waals surface area (Å²) in [6.07, 6.45) is 0. The Morgan fingerprint density at radius 1 is 1.06 bits per heavy atom. The molecule has 16 heavy (non-hydrogen) atoms. The molecule has 2 rings (SSSR count). The summed E-state index contributed by atoms with van der Waals surface area (Å²) in [5, 5.41) is 3.57. The van der Waals surface area contributed by atoms with Crippen LogP contribution >= 0.6 is 0 Å². The summed E-state index contributed by atoms with van der Waals surface area (Å²) in [6.45, 7) is 0. The molecule has 0 saturated heterocycles. The van der Waals surface area contributed by atoms with Gasteiger partial charge in [0.15, 0.2) is 0 Å². The zero-order chi connectivity index (χ0) is 11.4. The number of benzene rings is 2. The van der Waals surface area contributed by atoms with Crippen LogP contribution in [0.15, 0.2) is 53.6 Å². The quantitative estimate of drug-likeness (QED) is 0.402. The third-order valence-electron chi connectivity index (χ3n) is 2.19. The van der Waals surface area contributed by atoms with Crippen LogP contribution in [-0.2, 0) is 0 Å². The normalized spacial score (nSPS) is 9.56. The molecule has 0 spiro atoms. The van der Waals surface area contributed by atoms with E-state index in [-0.39, 0.29) is 5.82 Å². The Balaban J connectivity index is 2.59. The van der Waals surface area contributed by atoms with E-state index in [0.29, 0.717) is 11.3 Å². The first-order valence-electron chi connectivity index (χ1n) is 4.71. The largest absolute Gasteiger partial charge is 0.207 e. The molecule has 78 valence electrons. The monoisotopic (exact) mass is 213 g/mol. The van der Waals surface area contributed by atoms with E-state index in [4.69, 9.17) is 5.53 Å². The molecule has 0 unspecified atom stereocenters. The number of azide groups is 1. The minimum atomic E-state index is -0.312. The highest BCUT2D eigenvalue weighted by Gasteiger charge is 2.03. The van der Waals surface area contributed by atoms with Crippen molar-refractivity contribution in [2.24, 2.45) is 5.11 Å². The van der Waals surface area contributed by atoms with Crippen LogP contribution in [0.25, 0.3) is 21.6 Å². The summed E-state index contributed by atoms with van der Waals surface area (Å²) in [7, 11) is 0. The summed E-state index contributed by atoms with van der Waals surface area (Å²) in [4.78, 5) is 2.75. The Kier molecular flexibility index (Phi) is 2.85. The predicted molar refractivity (Wildman–Crippen MR) is 60.6 cm³/mol. The first-order valence-corrected chi connectivity index (χ1v) is 4.71. The van der Waals surface area contributed by atoms with E-state index < -0.39 is 0 Å². The maximum Gasteiger partial charge on any atom is 0.123 e. The van der Waals surface area contributed by atoms with E-state index >= 15 is 0 Å². The van der Waals surface area contributed by atoms with Crippen molar-refractivity contribution in [3.63, 3.8) is 0 Å². The molecule has 0 aliphatic heterocycles. The molecule has 0 aromatic heterocycles. The highest BCUT2D eigenvalue weighted by molar-refractivity contribution is 5.75. The van der Waals surface area contributed by atoms with Crippen molar-refractivity contribution in [3.05, 3.63) is 64.8 Å². The second-order valence-corrected chi connectivity index (χ2v) is 3.22. The van der Waals surface area contributed by atoms with Gasteiger partial charge in [-0.25, -0.2) is 4.39 Å². The molecule has 0 radical (unpaired) electrons. The van der Waals surface area contributed by atoms with E-state index in [2.05, 4.69) is 10.0 Å². The Bertz CT molecular complexity index is 560. The maximum atomic E-state index is 13.1. The molecule has 0 saturated carbocycles. The third kappa shape index (κ3) is 2.02. The predicted octanol–water partition coefficient (Wildman–Crippen LogP) is 4.43. The summed E-state index contributed by atoms with van der Waals surface area (Å²) in [5.41, 5.74) is 10.3. The third-order valence-corrected chi connectivity index (χ3v) is 2.19. The van der Waals surface area contributed by atoms with Crippen molar-refractivity contribution >= 4 is 5.69 Å². The van der Waals surface area contributed by atoms with Crippen LogP contribution in [0.1, 0.15) is 0 Å². The SMILES string of the molecule is [N-]=[N+]=Nc1ccccc1-c1cccc(F)c1. The van der Waals surface area contributed by atoms with Crippen LogP contribution in [0.4, 0.5) is 10.1 Å². The Morgan fingerprint density at radius 3 is 2.62 bits per heavy atom. The van der Waals surface area contributed by atoms with Gasteiger partial charge in [0.1, 0.15) is 5.82 Å². The van der Waals surface area contributed by atoms with Gasteiger partial charge in [-0.2, -0.15) is 0 Å². The fourth-order valence-electron chi connectivity index (χ4n) is 1.51. The zero-order valence-corrected chi connectivity index (χ0v) is 8.34. The fourth-order valence-corrected chi connectivity index (χ4v) is 1.51. The molecule has 3 nitrogen and oxygen atoms in total. The van der Waals surface area contributed by atoms with Gasteiger partial charge in [0.05, 0.1) is 0 Å². The molecule has 0 fully saturated rings. The number of rotatable bonds is 2. The van der Waals surface area contributed by atoms with Crippen molar-refractivity contribution in [1.82, 2.24) is 0 Å². The number of halogens is 1. The number of hydrogen-bond donors (Lipinski definition) is 0. The van der Waals surface area contributed by atoms with Crippen molar-refractivity contribution < 1.29 is 4.39 Å². The molecule has 0 aliphatic carbocycles. The second kappa shape index (κ2) is 4.47. The van der Waals surface area contributed by atoms with Crippen molar-refractivity contribution in [1.29, 1.82) is 0 Å². The van der Waals surface area contributed by atoms with Gasteiger partial charge in [0.2, 0.25) is 0 Å². The van der Waals surface area contributed by atoms with Crippen LogP contribution in [-0.4, -0.2) is 0 Å². The van der Waals surface area contributed by atoms with E-state index in [9.17, 15) is 4.39 Å². The zero-order valence-electron chi connectivity index (χ0n) is 8.34. The lowest BCUT2D eigenvalue weighted by Crippen LogP contribution is -1.80. The molecule has 2 aromatic rings. The molecule has 0 aliphatic rings. The Labute approximate surface area is 91.8 Å². The van der Waals surface area contributed by atoms with Crippen molar-refractivity contribution in [3.8, 4) is 11.1 Å². The van der Waals surface area contributed by atoms with Crippen LogP contribution in [0, 0.1) is 5.82 Å². The lowest BCUT2D eigenvalue weighted by molar-refractivity contribution is 0.628. The van der Waals surface area contributed by atoms with Gasteiger partial charge >= 0.3 is 0 Å². The van der Waals surface area contributed by atoms with Crippen LogP contribution in [0.5, 0.6) is 0 Å². The van der Waals surface area contributed by atoms with Crippen molar-refractivity contribution in [2.75, 3.05) is 0 Å². The molecular formula is C12H8FN3. The first-order chi connectivity index (χ1) is 7.81. The number of nitrogens with zero attached hydrogens (tertiary/aromatic N) is 3. The van der Waals surface area contributed by atoms with Crippen LogP contribution in [0.2, 0.25) is 0 Å². The Hall–Kier alpha value is -2.32. The van der Waals surface area contributed by atoms with Gasteiger partial charge in [-0.3, -0.25) is 0 Å². The van der Waals surface area contributed by atoms with E-state index in [0.717, 1.165) is 5.56 Å². The van der Waals surface area contributed by atoms with Gasteiger partial charge in [0.25, 0.3) is 0 Å². The molecule has 0 atom stereocenters. The molecule has 4 heteroatoms. The van der Waals surface area contributed by atoms with Gasteiger partial charge in [-0.1, -0.05) is 41.5 Å². The minimum absolute atomic E-state index is 0.312. The Morgan fingerprint density at radius 2 is 1.88 bits per heavy atom. The highest BCUT2D eigenvalue weighted by Crippen LogP contribution is 2.30. The summed E-state index contributed by atoms with van der Waals surface area (Å²) >= 11 is 0. The van der Waals surface area contributed by atoms with Crippen molar-refractivity contribution in [2.45, 2.75) is 0 Å². The average molecular weight is 213 g/mol. The smallest absolute Gasteiger partial charge is 0.123 e. The first kappa shape index (κ1) is 10.2. The lowest BCUT2D eigenvalue weighted by Gasteiger charge is -2.04. The van der Waals surface area contributed by atoms with E-state index in [1.54, 1.807) is 30.3 Å². The molecular weight excluding hydrogens is 205 g/mol. The summed E-state index contributed by atoms with van der Waals surface area (Å²) in [6, 6.07) is 13.2.